The van der Waals surface area contributed by atoms with Crippen LogP contribution < -0.4 is 11.1 Å². The van der Waals surface area contributed by atoms with E-state index < -0.39 is 0 Å². The van der Waals surface area contributed by atoms with Crippen molar-refractivity contribution in [2.24, 2.45) is 5.73 Å². The molecule has 14 heavy (non-hydrogen) atoms. The largest absolute Gasteiger partial charge is 0.446 e. The first-order chi connectivity index (χ1) is 6.58. The maximum absolute atomic E-state index is 11.2. The van der Waals surface area contributed by atoms with Crippen LogP contribution in [0.2, 0.25) is 0 Å². The fourth-order valence-electron chi connectivity index (χ4n) is 1.63. The summed E-state index contributed by atoms with van der Waals surface area (Å²) >= 11 is 0. The molecule has 0 spiro atoms. The second-order valence-electron chi connectivity index (χ2n) is 4.24. The number of hydrogen-bond donors (Lipinski definition) is 2. The van der Waals surface area contributed by atoms with Crippen molar-refractivity contribution in [2.45, 2.75) is 57.7 Å². The molecular weight excluding hydrogens is 180 g/mol. The molecule has 0 aromatic rings. The van der Waals surface area contributed by atoms with Crippen molar-refractivity contribution in [3.05, 3.63) is 0 Å². The summed E-state index contributed by atoms with van der Waals surface area (Å²) in [5.74, 6) is 0. The predicted molar refractivity (Wildman–Crippen MR) is 55.0 cm³/mol. The Morgan fingerprint density at radius 3 is 2.43 bits per heavy atom. The minimum absolute atomic E-state index is 0.0635. The first kappa shape index (κ1) is 11.3. The summed E-state index contributed by atoms with van der Waals surface area (Å²) < 4.78 is 5.24. The normalized spacial score (nSPS) is 27.4. The molecule has 0 atom stereocenters. The molecule has 1 saturated carbocycles. The van der Waals surface area contributed by atoms with Gasteiger partial charge in [0, 0.05) is 12.1 Å². The van der Waals surface area contributed by atoms with E-state index in [0.717, 1.165) is 25.7 Å². The Morgan fingerprint density at radius 1 is 1.36 bits per heavy atom. The Kier molecular flexibility index (Phi) is 4.20. The monoisotopic (exact) mass is 200 g/mol. The molecule has 0 aromatic carbocycles. The van der Waals surface area contributed by atoms with E-state index in [4.69, 9.17) is 10.5 Å². The van der Waals surface area contributed by atoms with Gasteiger partial charge in [0.2, 0.25) is 0 Å². The number of carbonyl (C=O) groups excluding carboxylic acids is 1. The lowest BCUT2D eigenvalue weighted by Crippen LogP contribution is -2.37. The van der Waals surface area contributed by atoms with E-state index in [1.54, 1.807) is 0 Å². The van der Waals surface area contributed by atoms with Gasteiger partial charge in [-0.25, -0.2) is 4.79 Å². The number of amides is 1. The van der Waals surface area contributed by atoms with Crippen LogP contribution in [0.5, 0.6) is 0 Å². The number of rotatable bonds is 2. The third-order valence-corrected chi connectivity index (χ3v) is 2.40. The summed E-state index contributed by atoms with van der Waals surface area (Å²) in [6.07, 6.45) is 3.47. The van der Waals surface area contributed by atoms with Crippen molar-refractivity contribution in [2.75, 3.05) is 0 Å². The molecule has 0 unspecified atom stereocenters. The van der Waals surface area contributed by atoms with Crippen LogP contribution in [0.15, 0.2) is 0 Å². The molecule has 1 rings (SSSR count). The number of nitrogens with one attached hydrogen (secondary N) is 1. The average Bonchev–Trinajstić information content (AvgIpc) is 2.07. The predicted octanol–water partition coefficient (Wildman–Crippen LogP) is 1.39. The van der Waals surface area contributed by atoms with Crippen LogP contribution in [0, 0.1) is 0 Å². The highest BCUT2D eigenvalue weighted by Gasteiger charge is 2.21. The molecule has 1 fully saturated rings. The minimum atomic E-state index is -0.305. The molecule has 0 saturated heterocycles. The van der Waals surface area contributed by atoms with Crippen LogP contribution in [-0.2, 0) is 4.74 Å². The van der Waals surface area contributed by atoms with Crippen molar-refractivity contribution in [3.8, 4) is 0 Å². The van der Waals surface area contributed by atoms with Crippen LogP contribution in [0.1, 0.15) is 39.5 Å². The van der Waals surface area contributed by atoms with Gasteiger partial charge in [0.1, 0.15) is 6.10 Å². The first-order valence-electron chi connectivity index (χ1n) is 5.30. The van der Waals surface area contributed by atoms with Crippen LogP contribution in [0.3, 0.4) is 0 Å². The van der Waals surface area contributed by atoms with Gasteiger partial charge < -0.3 is 15.8 Å². The Morgan fingerprint density at radius 2 is 1.93 bits per heavy atom. The van der Waals surface area contributed by atoms with Crippen molar-refractivity contribution < 1.29 is 9.53 Å². The maximum atomic E-state index is 11.2. The summed E-state index contributed by atoms with van der Waals surface area (Å²) in [5.41, 5.74) is 5.75. The molecule has 82 valence electrons. The zero-order chi connectivity index (χ0) is 10.6. The highest BCUT2D eigenvalue weighted by atomic mass is 16.6. The van der Waals surface area contributed by atoms with Crippen LogP contribution in [-0.4, -0.2) is 24.3 Å². The van der Waals surface area contributed by atoms with Crippen molar-refractivity contribution in [1.82, 2.24) is 5.32 Å². The number of carbonyl (C=O) groups is 1. The average molecular weight is 200 g/mol. The van der Waals surface area contributed by atoms with Gasteiger partial charge in [0.05, 0.1) is 0 Å². The van der Waals surface area contributed by atoms with E-state index in [0.29, 0.717) is 6.04 Å². The standard InChI is InChI=1S/C10H20N2O2/c1-7(2)12-10(13)14-9-5-3-8(11)4-6-9/h7-9H,3-6,11H2,1-2H3,(H,12,13). The zero-order valence-electron chi connectivity index (χ0n) is 8.95. The second kappa shape index (κ2) is 5.20. The molecule has 0 aliphatic heterocycles. The number of nitrogens with two attached hydrogens (primary N) is 1. The Bertz CT molecular complexity index is 187. The van der Waals surface area contributed by atoms with E-state index in [9.17, 15) is 4.79 Å². The van der Waals surface area contributed by atoms with E-state index in [1.165, 1.54) is 0 Å². The number of alkyl carbamates (subject to hydrolysis) is 1. The molecule has 1 aliphatic carbocycles. The molecule has 0 radical (unpaired) electrons. The van der Waals surface area contributed by atoms with Gasteiger partial charge in [-0.05, 0) is 39.5 Å². The van der Waals surface area contributed by atoms with Gasteiger partial charge in [-0.2, -0.15) is 0 Å². The van der Waals surface area contributed by atoms with Gasteiger partial charge in [0.25, 0.3) is 0 Å². The van der Waals surface area contributed by atoms with Gasteiger partial charge >= 0.3 is 6.09 Å². The van der Waals surface area contributed by atoms with Crippen LogP contribution >= 0.6 is 0 Å². The van der Waals surface area contributed by atoms with E-state index >= 15 is 0 Å². The molecule has 4 heteroatoms. The molecule has 4 nitrogen and oxygen atoms in total. The van der Waals surface area contributed by atoms with E-state index in [2.05, 4.69) is 5.32 Å². The summed E-state index contributed by atoms with van der Waals surface area (Å²) in [7, 11) is 0. The lowest BCUT2D eigenvalue weighted by molar-refractivity contribution is 0.0704. The number of hydrogen-bond acceptors (Lipinski definition) is 3. The SMILES string of the molecule is CC(C)NC(=O)OC1CCC(N)CC1. The highest BCUT2D eigenvalue weighted by molar-refractivity contribution is 5.67. The minimum Gasteiger partial charge on any atom is -0.446 e. The second-order valence-corrected chi connectivity index (χ2v) is 4.24. The van der Waals surface area contributed by atoms with E-state index in [1.807, 2.05) is 13.8 Å². The quantitative estimate of drug-likeness (QED) is 0.708. The molecule has 0 aromatic heterocycles. The third-order valence-electron chi connectivity index (χ3n) is 2.40. The first-order valence-corrected chi connectivity index (χ1v) is 5.30. The van der Waals surface area contributed by atoms with Gasteiger partial charge in [-0.3, -0.25) is 0 Å². The number of ether oxygens (including phenoxy) is 1. The van der Waals surface area contributed by atoms with Crippen molar-refractivity contribution in [3.63, 3.8) is 0 Å². The molecular formula is C10H20N2O2. The third kappa shape index (κ3) is 3.96. The lowest BCUT2D eigenvalue weighted by atomic mass is 9.94. The summed E-state index contributed by atoms with van der Waals surface area (Å²) in [5, 5.41) is 2.71. The Balaban J connectivity index is 2.20. The lowest BCUT2D eigenvalue weighted by Gasteiger charge is -2.26. The van der Waals surface area contributed by atoms with Gasteiger partial charge in [-0.15, -0.1) is 0 Å². The topological polar surface area (TPSA) is 64.3 Å². The molecule has 1 aliphatic rings. The summed E-state index contributed by atoms with van der Waals surface area (Å²) in [4.78, 5) is 11.2. The van der Waals surface area contributed by atoms with Crippen LogP contribution in [0.25, 0.3) is 0 Å². The Labute approximate surface area is 85.2 Å². The van der Waals surface area contributed by atoms with Crippen LogP contribution in [0.4, 0.5) is 4.79 Å². The fraction of sp³-hybridized carbons (Fsp3) is 0.900. The molecule has 0 bridgehead atoms. The maximum Gasteiger partial charge on any atom is 0.407 e. The van der Waals surface area contributed by atoms with Crippen molar-refractivity contribution >= 4 is 6.09 Å². The Hall–Kier alpha value is -0.770. The highest BCUT2D eigenvalue weighted by Crippen LogP contribution is 2.19. The zero-order valence-corrected chi connectivity index (χ0v) is 8.95. The van der Waals surface area contributed by atoms with Crippen molar-refractivity contribution in [1.29, 1.82) is 0 Å². The molecule has 1 amide bonds. The van der Waals surface area contributed by atoms with E-state index in [-0.39, 0.29) is 18.2 Å². The van der Waals surface area contributed by atoms with Gasteiger partial charge in [-0.1, -0.05) is 0 Å². The molecule has 3 N–H and O–H groups in total. The molecule has 0 heterocycles. The fourth-order valence-corrected chi connectivity index (χ4v) is 1.63. The summed E-state index contributed by atoms with van der Waals surface area (Å²) in [6, 6.07) is 0.427. The summed E-state index contributed by atoms with van der Waals surface area (Å²) in [6.45, 7) is 3.83. The van der Waals surface area contributed by atoms with Gasteiger partial charge in [0.15, 0.2) is 0 Å². The smallest absolute Gasteiger partial charge is 0.407 e.